The molecule has 2 aromatic carbocycles. The lowest BCUT2D eigenvalue weighted by Crippen LogP contribution is -2.03. The lowest BCUT2D eigenvalue weighted by atomic mass is 10.1. The van der Waals surface area contributed by atoms with E-state index in [0.717, 1.165) is 34.4 Å². The van der Waals surface area contributed by atoms with Crippen LogP contribution in [0.15, 0.2) is 65.4 Å². The van der Waals surface area contributed by atoms with Crippen molar-refractivity contribution in [1.82, 2.24) is 14.9 Å². The average molecular weight is 318 g/mol. The first kappa shape index (κ1) is 14.5. The molecular weight excluding hydrogens is 300 g/mol. The average Bonchev–Trinajstić information content (AvgIpc) is 3.19. The van der Waals surface area contributed by atoms with Crippen LogP contribution in [-0.2, 0) is 20.0 Å². The molecule has 2 aromatic heterocycles. The van der Waals surface area contributed by atoms with Crippen LogP contribution in [0.25, 0.3) is 10.9 Å². The van der Waals surface area contributed by atoms with Crippen LogP contribution >= 0.6 is 0 Å². The fourth-order valence-corrected chi connectivity index (χ4v) is 2.88. The smallest absolute Gasteiger partial charge is 0.156 e. The molecule has 120 valence electrons. The van der Waals surface area contributed by atoms with Crippen molar-refractivity contribution in [2.75, 3.05) is 5.32 Å². The molecule has 0 spiro atoms. The van der Waals surface area contributed by atoms with Crippen molar-refractivity contribution in [3.05, 3.63) is 77.7 Å². The van der Waals surface area contributed by atoms with Gasteiger partial charge in [0.2, 0.25) is 0 Å². The van der Waals surface area contributed by atoms with Gasteiger partial charge in [0.25, 0.3) is 0 Å². The molecule has 0 fully saturated rings. The van der Waals surface area contributed by atoms with E-state index in [2.05, 4.69) is 39.8 Å². The van der Waals surface area contributed by atoms with Crippen LogP contribution in [0.5, 0.6) is 0 Å². The monoisotopic (exact) mass is 318 g/mol. The van der Waals surface area contributed by atoms with Gasteiger partial charge < -0.3 is 9.84 Å². The van der Waals surface area contributed by atoms with E-state index in [1.807, 2.05) is 42.1 Å². The van der Waals surface area contributed by atoms with Gasteiger partial charge in [-0.3, -0.25) is 4.68 Å². The van der Waals surface area contributed by atoms with E-state index in [0.29, 0.717) is 6.54 Å². The Labute approximate surface area is 139 Å². The molecule has 4 rings (SSSR count). The van der Waals surface area contributed by atoms with Crippen LogP contribution in [0.1, 0.15) is 16.8 Å². The number of hydrogen-bond donors (Lipinski definition) is 1. The second-order valence-electron chi connectivity index (χ2n) is 5.79. The summed E-state index contributed by atoms with van der Waals surface area (Å²) in [5, 5.41) is 13.2. The molecule has 0 radical (unpaired) electrons. The van der Waals surface area contributed by atoms with Gasteiger partial charge >= 0.3 is 0 Å². The minimum absolute atomic E-state index is 0.632. The van der Waals surface area contributed by atoms with Gasteiger partial charge in [-0.2, -0.15) is 5.10 Å². The molecule has 0 unspecified atom stereocenters. The van der Waals surface area contributed by atoms with Gasteiger partial charge in [-0.15, -0.1) is 0 Å². The molecule has 2 heterocycles. The molecule has 5 heteroatoms. The first-order chi connectivity index (χ1) is 11.8. The van der Waals surface area contributed by atoms with Gasteiger partial charge in [0.1, 0.15) is 6.26 Å². The number of aromatic nitrogens is 3. The summed E-state index contributed by atoms with van der Waals surface area (Å²) >= 11 is 0. The molecule has 0 aliphatic carbocycles. The Morgan fingerprint density at radius 2 is 1.83 bits per heavy atom. The van der Waals surface area contributed by atoms with Crippen LogP contribution in [0.2, 0.25) is 0 Å². The number of nitrogens with one attached hydrogen (secondary N) is 1. The Bertz CT molecular complexity index is 956. The number of nitrogens with zero attached hydrogens (tertiary/aromatic N) is 3. The number of para-hydroxylation sites is 1. The topological polar surface area (TPSA) is 55.9 Å². The minimum Gasteiger partial charge on any atom is -0.364 e. The lowest BCUT2D eigenvalue weighted by Gasteiger charge is -2.04. The Morgan fingerprint density at radius 3 is 2.71 bits per heavy atom. The van der Waals surface area contributed by atoms with E-state index in [9.17, 15) is 0 Å². The van der Waals surface area contributed by atoms with Gasteiger partial charge in [0, 0.05) is 31.0 Å². The van der Waals surface area contributed by atoms with Gasteiger partial charge in [-0.1, -0.05) is 47.6 Å². The minimum atomic E-state index is 0.632. The Morgan fingerprint density at radius 1 is 1.04 bits per heavy atom. The summed E-state index contributed by atoms with van der Waals surface area (Å²) in [6.45, 7) is 0.632. The second-order valence-corrected chi connectivity index (χ2v) is 5.79. The normalized spacial score (nSPS) is 11.0. The molecule has 24 heavy (non-hydrogen) atoms. The Hall–Kier alpha value is -3.08. The summed E-state index contributed by atoms with van der Waals surface area (Å²) in [4.78, 5) is 0. The highest BCUT2D eigenvalue weighted by Gasteiger charge is 2.11. The zero-order valence-electron chi connectivity index (χ0n) is 13.4. The van der Waals surface area contributed by atoms with Crippen molar-refractivity contribution in [2.24, 2.45) is 7.05 Å². The maximum atomic E-state index is 5.18. The van der Waals surface area contributed by atoms with Crippen molar-refractivity contribution in [3.8, 4) is 0 Å². The summed E-state index contributed by atoms with van der Waals surface area (Å²) < 4.78 is 7.07. The molecule has 5 nitrogen and oxygen atoms in total. The van der Waals surface area contributed by atoms with Gasteiger partial charge in [-0.05, 0) is 17.7 Å². The Balaban J connectivity index is 1.53. The van der Waals surface area contributed by atoms with Gasteiger partial charge in [0.05, 0.1) is 11.2 Å². The van der Waals surface area contributed by atoms with Crippen molar-refractivity contribution < 1.29 is 4.52 Å². The van der Waals surface area contributed by atoms with E-state index < -0.39 is 0 Å². The molecule has 0 saturated heterocycles. The van der Waals surface area contributed by atoms with Crippen molar-refractivity contribution in [1.29, 1.82) is 0 Å². The quantitative estimate of drug-likeness (QED) is 0.608. The summed E-state index contributed by atoms with van der Waals surface area (Å²) in [5.74, 6) is 0.875. The Kier molecular flexibility index (Phi) is 3.75. The van der Waals surface area contributed by atoms with Crippen molar-refractivity contribution in [3.63, 3.8) is 0 Å². The lowest BCUT2D eigenvalue weighted by molar-refractivity contribution is 0.412. The summed E-state index contributed by atoms with van der Waals surface area (Å²) in [7, 11) is 1.95. The first-order valence-electron chi connectivity index (χ1n) is 7.93. The molecule has 0 saturated carbocycles. The number of fused-ring (bicyclic) bond motifs is 1. The third kappa shape index (κ3) is 2.76. The predicted octanol–water partition coefficient (Wildman–Crippen LogP) is 3.76. The maximum absolute atomic E-state index is 5.18. The van der Waals surface area contributed by atoms with Crippen LogP contribution in [-0.4, -0.2) is 14.9 Å². The van der Waals surface area contributed by atoms with E-state index in [1.54, 1.807) is 6.26 Å². The first-order valence-corrected chi connectivity index (χ1v) is 7.93. The second kappa shape index (κ2) is 6.20. The van der Waals surface area contributed by atoms with Crippen LogP contribution in [0.3, 0.4) is 0 Å². The molecule has 0 aliphatic rings. The summed E-state index contributed by atoms with van der Waals surface area (Å²) in [5.41, 5.74) is 4.33. The van der Waals surface area contributed by atoms with Gasteiger partial charge in [0.15, 0.2) is 5.82 Å². The fourth-order valence-electron chi connectivity index (χ4n) is 2.88. The van der Waals surface area contributed by atoms with Crippen LogP contribution in [0.4, 0.5) is 5.82 Å². The largest absolute Gasteiger partial charge is 0.364 e. The summed E-state index contributed by atoms with van der Waals surface area (Å²) in [6, 6.07) is 18.5. The molecular formula is C19H18N4O. The SMILES string of the molecule is Cn1nc(NCc2conc2Cc2ccccc2)c2ccccc21. The highest BCUT2D eigenvalue weighted by Crippen LogP contribution is 2.23. The molecule has 0 bridgehead atoms. The highest BCUT2D eigenvalue weighted by molar-refractivity contribution is 5.90. The molecule has 0 aliphatic heterocycles. The zero-order valence-corrected chi connectivity index (χ0v) is 13.4. The predicted molar refractivity (Wildman–Crippen MR) is 93.8 cm³/mol. The number of benzene rings is 2. The summed E-state index contributed by atoms with van der Waals surface area (Å²) in [6.07, 6.45) is 2.47. The number of anilines is 1. The van der Waals surface area contributed by atoms with Crippen LogP contribution in [0, 0.1) is 0 Å². The van der Waals surface area contributed by atoms with E-state index in [4.69, 9.17) is 4.52 Å². The van der Waals surface area contributed by atoms with E-state index >= 15 is 0 Å². The molecule has 0 atom stereocenters. The van der Waals surface area contributed by atoms with E-state index in [1.165, 1.54) is 5.56 Å². The zero-order chi connectivity index (χ0) is 16.4. The number of rotatable bonds is 5. The standard InChI is InChI=1S/C19H18N4O/c1-23-18-10-6-5-9-16(18)19(21-23)20-12-15-13-24-22-17(15)11-14-7-3-2-4-8-14/h2-10,13H,11-12H2,1H3,(H,20,21). The highest BCUT2D eigenvalue weighted by atomic mass is 16.5. The maximum Gasteiger partial charge on any atom is 0.156 e. The number of hydrogen-bond acceptors (Lipinski definition) is 4. The third-order valence-electron chi connectivity index (χ3n) is 4.15. The van der Waals surface area contributed by atoms with E-state index in [-0.39, 0.29) is 0 Å². The van der Waals surface area contributed by atoms with Crippen molar-refractivity contribution >= 4 is 16.7 Å². The van der Waals surface area contributed by atoms with Gasteiger partial charge in [-0.25, -0.2) is 0 Å². The molecule has 4 aromatic rings. The molecule has 1 N–H and O–H groups in total. The third-order valence-corrected chi connectivity index (χ3v) is 4.15. The molecule has 0 amide bonds. The van der Waals surface area contributed by atoms with Crippen LogP contribution < -0.4 is 5.32 Å². The number of aryl methyl sites for hydroxylation is 1. The fraction of sp³-hybridized carbons (Fsp3) is 0.158. The van der Waals surface area contributed by atoms with Crippen molar-refractivity contribution in [2.45, 2.75) is 13.0 Å².